The third-order valence-electron chi connectivity index (χ3n) is 2.52. The molecule has 0 fully saturated rings. The van der Waals surface area contributed by atoms with Gasteiger partial charge in [0.25, 0.3) is 0 Å². The SMILES string of the molecule is CCC(C)[SiH](C=CC(C)C)N(C)C. The number of nitrogens with zero attached hydrogens (tertiary/aromatic N) is 1. The Bertz CT molecular complexity index is 152. The predicted octanol–water partition coefficient (Wildman–Crippen LogP) is 2.82. The molecule has 2 heteroatoms. The second-order valence-electron chi connectivity index (χ2n) is 4.47. The minimum absolute atomic E-state index is 0.694. The smallest absolute Gasteiger partial charge is 0.138 e. The highest BCUT2D eigenvalue weighted by molar-refractivity contribution is 6.62. The van der Waals surface area contributed by atoms with E-state index in [9.17, 15) is 0 Å². The van der Waals surface area contributed by atoms with Crippen molar-refractivity contribution >= 4 is 8.96 Å². The molecular formula is C11H25NSi. The fourth-order valence-electron chi connectivity index (χ4n) is 1.45. The summed E-state index contributed by atoms with van der Waals surface area (Å²) in [5, 5.41) is 0. The van der Waals surface area contributed by atoms with Gasteiger partial charge in [-0.25, -0.2) is 0 Å². The molecule has 0 aromatic rings. The van der Waals surface area contributed by atoms with Crippen LogP contribution in [0.25, 0.3) is 0 Å². The van der Waals surface area contributed by atoms with Gasteiger partial charge >= 0.3 is 0 Å². The van der Waals surface area contributed by atoms with Crippen LogP contribution < -0.4 is 0 Å². The molecule has 13 heavy (non-hydrogen) atoms. The summed E-state index contributed by atoms with van der Waals surface area (Å²) in [5.74, 6) is 0.694. The maximum atomic E-state index is 2.48. The summed E-state index contributed by atoms with van der Waals surface area (Å²) >= 11 is 0. The van der Waals surface area contributed by atoms with Crippen molar-refractivity contribution in [1.82, 2.24) is 4.57 Å². The Labute approximate surface area is 85.5 Å². The van der Waals surface area contributed by atoms with Crippen LogP contribution in [0.5, 0.6) is 0 Å². The van der Waals surface area contributed by atoms with Crippen LogP contribution in [0.1, 0.15) is 34.1 Å². The number of hydrogen-bond acceptors (Lipinski definition) is 1. The minimum Gasteiger partial charge on any atom is -0.328 e. The van der Waals surface area contributed by atoms with Crippen LogP contribution in [0.4, 0.5) is 0 Å². The highest BCUT2D eigenvalue weighted by Crippen LogP contribution is 2.16. The highest BCUT2D eigenvalue weighted by atomic mass is 28.3. The summed E-state index contributed by atoms with van der Waals surface area (Å²) in [5.41, 5.74) is 3.36. The van der Waals surface area contributed by atoms with Gasteiger partial charge in [0, 0.05) is 0 Å². The van der Waals surface area contributed by atoms with Crippen LogP contribution in [0.3, 0.4) is 0 Å². The molecule has 0 N–H and O–H groups in total. The van der Waals surface area contributed by atoms with Crippen molar-refractivity contribution in [1.29, 1.82) is 0 Å². The van der Waals surface area contributed by atoms with E-state index < -0.39 is 8.96 Å². The van der Waals surface area contributed by atoms with Crippen molar-refractivity contribution < 1.29 is 0 Å². The van der Waals surface area contributed by atoms with Gasteiger partial charge in [0.05, 0.1) is 0 Å². The maximum absolute atomic E-state index is 2.48. The molecule has 0 amide bonds. The lowest BCUT2D eigenvalue weighted by Crippen LogP contribution is -2.34. The molecule has 0 aromatic heterocycles. The Kier molecular flexibility index (Phi) is 6.34. The summed E-state index contributed by atoms with van der Waals surface area (Å²) in [6, 6.07) is 0. The lowest BCUT2D eigenvalue weighted by molar-refractivity contribution is 0.618. The van der Waals surface area contributed by atoms with Gasteiger partial charge in [0.2, 0.25) is 0 Å². The largest absolute Gasteiger partial charge is 0.328 e. The summed E-state index contributed by atoms with van der Waals surface area (Å²) in [7, 11) is 3.63. The molecule has 0 spiro atoms. The number of rotatable bonds is 5. The standard InChI is InChI=1S/C11H25NSi/c1-7-11(4)13(12(5)6)9-8-10(2)3/h8-11,13H,7H2,1-6H3. The van der Waals surface area contributed by atoms with E-state index in [1.807, 2.05) is 0 Å². The second kappa shape index (κ2) is 6.38. The average molecular weight is 199 g/mol. The van der Waals surface area contributed by atoms with Crippen LogP contribution in [0.2, 0.25) is 5.54 Å². The van der Waals surface area contributed by atoms with E-state index in [4.69, 9.17) is 0 Å². The molecule has 0 rings (SSSR count). The molecule has 0 radical (unpaired) electrons. The minimum atomic E-state index is -0.805. The van der Waals surface area contributed by atoms with Gasteiger partial charge in [0.1, 0.15) is 8.96 Å². The van der Waals surface area contributed by atoms with Crippen molar-refractivity contribution in [3.63, 3.8) is 0 Å². The molecule has 0 saturated heterocycles. The fourth-order valence-corrected chi connectivity index (χ4v) is 4.34. The normalized spacial score (nSPS) is 17.2. The van der Waals surface area contributed by atoms with E-state index in [-0.39, 0.29) is 0 Å². The van der Waals surface area contributed by atoms with Crippen molar-refractivity contribution in [2.45, 2.75) is 39.7 Å². The first kappa shape index (κ1) is 12.9. The van der Waals surface area contributed by atoms with Crippen LogP contribution in [0, 0.1) is 5.92 Å². The Morgan fingerprint density at radius 2 is 1.77 bits per heavy atom. The first-order valence-corrected chi connectivity index (χ1v) is 7.18. The molecule has 1 nitrogen and oxygen atoms in total. The third-order valence-corrected chi connectivity index (χ3v) is 5.96. The summed E-state index contributed by atoms with van der Waals surface area (Å²) in [6.45, 7) is 9.15. The molecule has 78 valence electrons. The molecule has 2 atom stereocenters. The first-order chi connectivity index (χ1) is 5.99. The summed E-state index contributed by atoms with van der Waals surface area (Å²) < 4.78 is 2.44. The second-order valence-corrected chi connectivity index (χ2v) is 8.01. The molecule has 2 unspecified atom stereocenters. The van der Waals surface area contributed by atoms with Gasteiger partial charge in [-0.15, -0.1) is 0 Å². The first-order valence-electron chi connectivity index (χ1n) is 5.33. The molecular weight excluding hydrogens is 174 g/mol. The Hall–Kier alpha value is -0.0831. The molecule has 0 bridgehead atoms. The fraction of sp³-hybridized carbons (Fsp3) is 0.818. The maximum Gasteiger partial charge on any atom is 0.138 e. The predicted molar refractivity (Wildman–Crippen MR) is 64.5 cm³/mol. The summed E-state index contributed by atoms with van der Waals surface area (Å²) in [4.78, 5) is 0. The Balaban J connectivity index is 4.26. The van der Waals surface area contributed by atoms with Crippen LogP contribution in [-0.2, 0) is 0 Å². The van der Waals surface area contributed by atoms with E-state index in [0.717, 1.165) is 5.54 Å². The lowest BCUT2D eigenvalue weighted by atomic mass is 10.2. The zero-order valence-corrected chi connectivity index (χ0v) is 11.2. The highest BCUT2D eigenvalue weighted by Gasteiger charge is 2.16. The van der Waals surface area contributed by atoms with Crippen molar-refractivity contribution in [3.8, 4) is 0 Å². The molecule has 0 saturated carbocycles. The van der Waals surface area contributed by atoms with E-state index in [0.29, 0.717) is 5.92 Å². The third kappa shape index (κ3) is 5.27. The molecule has 0 aliphatic heterocycles. The van der Waals surface area contributed by atoms with Crippen LogP contribution >= 0.6 is 0 Å². The molecule has 0 aliphatic carbocycles. The van der Waals surface area contributed by atoms with E-state index in [1.54, 1.807) is 0 Å². The zero-order valence-electron chi connectivity index (χ0n) is 10.0. The van der Waals surface area contributed by atoms with Crippen molar-refractivity contribution in [3.05, 3.63) is 11.8 Å². The van der Waals surface area contributed by atoms with Gasteiger partial charge in [-0.3, -0.25) is 0 Å². The Morgan fingerprint density at radius 1 is 1.23 bits per heavy atom. The van der Waals surface area contributed by atoms with E-state index in [1.165, 1.54) is 6.42 Å². The number of allylic oxidation sites excluding steroid dienone is 1. The van der Waals surface area contributed by atoms with Crippen molar-refractivity contribution in [2.24, 2.45) is 5.92 Å². The van der Waals surface area contributed by atoms with Crippen LogP contribution in [-0.4, -0.2) is 27.6 Å². The van der Waals surface area contributed by atoms with Gasteiger partial charge in [-0.2, -0.15) is 0 Å². The molecule has 0 aromatic carbocycles. The van der Waals surface area contributed by atoms with Gasteiger partial charge in [0.15, 0.2) is 0 Å². The summed E-state index contributed by atoms with van der Waals surface area (Å²) in [6.07, 6.45) is 3.67. The monoisotopic (exact) mass is 199 g/mol. The quantitative estimate of drug-likeness (QED) is 0.616. The number of hydrogen-bond donors (Lipinski definition) is 0. The molecule has 0 aliphatic rings. The van der Waals surface area contributed by atoms with E-state index in [2.05, 4.69) is 58.1 Å². The van der Waals surface area contributed by atoms with Gasteiger partial charge in [-0.05, 0) is 25.6 Å². The van der Waals surface area contributed by atoms with Gasteiger partial charge < -0.3 is 4.57 Å². The topological polar surface area (TPSA) is 3.24 Å². The van der Waals surface area contributed by atoms with Gasteiger partial charge in [-0.1, -0.05) is 45.9 Å². The Morgan fingerprint density at radius 3 is 2.08 bits per heavy atom. The van der Waals surface area contributed by atoms with E-state index >= 15 is 0 Å². The van der Waals surface area contributed by atoms with Crippen molar-refractivity contribution in [2.75, 3.05) is 14.1 Å². The molecule has 0 heterocycles. The average Bonchev–Trinajstić information content (AvgIpc) is 2.03. The van der Waals surface area contributed by atoms with Crippen LogP contribution in [0.15, 0.2) is 11.8 Å². The zero-order chi connectivity index (χ0) is 10.4. The lowest BCUT2D eigenvalue weighted by Gasteiger charge is -2.25.